The Labute approximate surface area is 111 Å². The molecule has 2 N–H and O–H groups in total. The number of nitro groups is 1. The Morgan fingerprint density at radius 2 is 2.25 bits per heavy atom. The van der Waals surface area contributed by atoms with Crippen molar-refractivity contribution < 1.29 is 24.2 Å². The van der Waals surface area contributed by atoms with Crippen LogP contribution >= 0.6 is 0 Å². The number of anilines is 1. The summed E-state index contributed by atoms with van der Waals surface area (Å²) < 4.78 is 8.98. The summed E-state index contributed by atoms with van der Waals surface area (Å²) in [6.45, 7) is -0.517. The highest BCUT2D eigenvalue weighted by atomic mass is 16.6. The minimum absolute atomic E-state index is 0.0541. The van der Waals surface area contributed by atoms with Gasteiger partial charge in [0, 0.05) is 6.07 Å². The molecule has 0 spiro atoms. The number of aliphatic hydroxyl groups excluding tert-OH is 1. The molecule has 0 saturated heterocycles. The topological polar surface area (TPSA) is 141 Å². The number of hydrogen-bond donors (Lipinski definition) is 2. The maximum Gasteiger partial charge on any atom is 0.330 e. The summed E-state index contributed by atoms with van der Waals surface area (Å²) in [5.74, 6) is -0.685. The molecule has 2 aromatic rings. The van der Waals surface area contributed by atoms with Crippen LogP contribution in [0.15, 0.2) is 16.8 Å². The number of nitrogens with one attached hydrogen (secondary N) is 1. The lowest BCUT2D eigenvalue weighted by atomic mass is 10.2. The lowest BCUT2D eigenvalue weighted by Gasteiger charge is -2.14. The van der Waals surface area contributed by atoms with Crippen LogP contribution in [0.5, 0.6) is 0 Å². The standard InChI is InChI=1S/C10H10N4O6/c1-19-10(16)6(4-15)11-5-2-3-7(14(17)18)9-8(5)12-20-13-9/h2-3,6,11,15H,4H2,1H3. The van der Waals surface area contributed by atoms with E-state index in [1.165, 1.54) is 19.2 Å². The summed E-state index contributed by atoms with van der Waals surface area (Å²) in [6.07, 6.45) is 0. The van der Waals surface area contributed by atoms with Crippen molar-refractivity contribution >= 4 is 28.4 Å². The Kier molecular flexibility index (Phi) is 3.75. The number of carbonyl (C=O) groups is 1. The molecule has 0 amide bonds. The van der Waals surface area contributed by atoms with Crippen molar-refractivity contribution in [2.45, 2.75) is 6.04 Å². The van der Waals surface area contributed by atoms with Crippen LogP contribution in [0.2, 0.25) is 0 Å². The molecule has 1 aromatic carbocycles. The molecule has 1 heterocycles. The molecule has 0 fully saturated rings. The van der Waals surface area contributed by atoms with Crippen LogP contribution in [0.25, 0.3) is 11.0 Å². The molecule has 10 nitrogen and oxygen atoms in total. The number of methoxy groups -OCH3 is 1. The second-order valence-corrected chi connectivity index (χ2v) is 3.75. The number of rotatable bonds is 5. The summed E-state index contributed by atoms with van der Waals surface area (Å²) in [5.41, 5.74) is 0.0184. The highest BCUT2D eigenvalue weighted by Gasteiger charge is 2.23. The molecular formula is C10H10N4O6. The van der Waals surface area contributed by atoms with Crippen LogP contribution in [0.4, 0.5) is 11.4 Å². The van der Waals surface area contributed by atoms with Gasteiger partial charge in [-0.1, -0.05) is 0 Å². The third-order valence-corrected chi connectivity index (χ3v) is 2.59. The Hall–Kier alpha value is -2.75. The number of nitrogens with zero attached hydrogens (tertiary/aromatic N) is 3. The van der Waals surface area contributed by atoms with Gasteiger partial charge in [0.2, 0.25) is 5.52 Å². The van der Waals surface area contributed by atoms with Crippen LogP contribution in [0, 0.1) is 10.1 Å². The van der Waals surface area contributed by atoms with E-state index >= 15 is 0 Å². The number of aromatic nitrogens is 2. The Balaban J connectivity index is 2.41. The Bertz CT molecular complexity index is 654. The number of aliphatic hydroxyl groups is 1. The van der Waals surface area contributed by atoms with Crippen LogP contribution in [0.1, 0.15) is 0 Å². The number of fused-ring (bicyclic) bond motifs is 1. The van der Waals surface area contributed by atoms with Gasteiger partial charge < -0.3 is 15.2 Å². The first-order valence-electron chi connectivity index (χ1n) is 5.43. The van der Waals surface area contributed by atoms with E-state index in [0.29, 0.717) is 0 Å². The van der Waals surface area contributed by atoms with Gasteiger partial charge in [0.05, 0.1) is 24.3 Å². The van der Waals surface area contributed by atoms with Crippen LogP contribution in [-0.2, 0) is 9.53 Å². The Morgan fingerprint density at radius 3 is 2.85 bits per heavy atom. The smallest absolute Gasteiger partial charge is 0.330 e. The fraction of sp³-hybridized carbons (Fsp3) is 0.300. The molecule has 20 heavy (non-hydrogen) atoms. The zero-order chi connectivity index (χ0) is 14.7. The lowest BCUT2D eigenvalue weighted by molar-refractivity contribution is -0.383. The van der Waals surface area contributed by atoms with Crippen LogP contribution in [0.3, 0.4) is 0 Å². The molecule has 10 heteroatoms. The SMILES string of the molecule is COC(=O)C(CO)Nc1ccc([N+](=O)[O-])c2nonc12. The van der Waals surface area contributed by atoms with E-state index in [-0.39, 0.29) is 22.4 Å². The van der Waals surface area contributed by atoms with Crippen molar-refractivity contribution in [2.75, 3.05) is 19.0 Å². The first-order valence-corrected chi connectivity index (χ1v) is 5.43. The molecule has 0 radical (unpaired) electrons. The van der Waals surface area contributed by atoms with Crippen molar-refractivity contribution in [3.63, 3.8) is 0 Å². The van der Waals surface area contributed by atoms with E-state index in [1.54, 1.807) is 0 Å². The number of esters is 1. The molecule has 0 aliphatic carbocycles. The molecule has 0 aliphatic rings. The highest BCUT2D eigenvalue weighted by molar-refractivity contribution is 5.94. The summed E-state index contributed by atoms with van der Waals surface area (Å²) >= 11 is 0. The molecule has 1 aromatic heterocycles. The Morgan fingerprint density at radius 1 is 1.55 bits per heavy atom. The van der Waals surface area contributed by atoms with E-state index in [1.807, 2.05) is 0 Å². The molecule has 106 valence electrons. The van der Waals surface area contributed by atoms with Gasteiger partial charge in [-0.05, 0) is 16.4 Å². The van der Waals surface area contributed by atoms with Gasteiger partial charge in [0.15, 0.2) is 5.52 Å². The predicted molar refractivity (Wildman–Crippen MR) is 65.0 cm³/mol. The average molecular weight is 282 g/mol. The largest absolute Gasteiger partial charge is 0.467 e. The molecule has 0 bridgehead atoms. The van der Waals surface area contributed by atoms with E-state index in [0.717, 1.165) is 0 Å². The number of hydrogen-bond acceptors (Lipinski definition) is 9. The first-order chi connectivity index (χ1) is 9.58. The molecular weight excluding hydrogens is 272 g/mol. The fourth-order valence-corrected chi connectivity index (χ4v) is 1.63. The number of nitro benzene ring substituents is 1. The van der Waals surface area contributed by atoms with Gasteiger partial charge in [-0.15, -0.1) is 0 Å². The minimum atomic E-state index is -1.03. The van der Waals surface area contributed by atoms with E-state index in [9.17, 15) is 14.9 Å². The molecule has 1 unspecified atom stereocenters. The van der Waals surface area contributed by atoms with Gasteiger partial charge >= 0.3 is 11.7 Å². The maximum absolute atomic E-state index is 11.4. The third-order valence-electron chi connectivity index (χ3n) is 2.59. The summed E-state index contributed by atoms with van der Waals surface area (Å²) in [4.78, 5) is 21.6. The van der Waals surface area contributed by atoms with Crippen molar-refractivity contribution in [1.82, 2.24) is 10.3 Å². The monoisotopic (exact) mass is 282 g/mol. The molecule has 2 rings (SSSR count). The van der Waals surface area contributed by atoms with Crippen molar-refractivity contribution in [2.24, 2.45) is 0 Å². The average Bonchev–Trinajstić information content (AvgIpc) is 2.92. The van der Waals surface area contributed by atoms with Gasteiger partial charge in [0.1, 0.15) is 6.04 Å². The maximum atomic E-state index is 11.4. The third kappa shape index (κ3) is 2.36. The molecule has 0 aliphatic heterocycles. The summed E-state index contributed by atoms with van der Waals surface area (Å²) in [7, 11) is 1.18. The van der Waals surface area contributed by atoms with E-state index < -0.39 is 23.5 Å². The fourth-order valence-electron chi connectivity index (χ4n) is 1.63. The van der Waals surface area contributed by atoms with Crippen molar-refractivity contribution in [3.05, 3.63) is 22.2 Å². The van der Waals surface area contributed by atoms with Crippen LogP contribution < -0.4 is 5.32 Å². The van der Waals surface area contributed by atoms with Crippen molar-refractivity contribution in [1.29, 1.82) is 0 Å². The first kappa shape index (κ1) is 13.7. The minimum Gasteiger partial charge on any atom is -0.467 e. The van der Waals surface area contributed by atoms with E-state index in [4.69, 9.17) is 5.11 Å². The van der Waals surface area contributed by atoms with Gasteiger partial charge in [-0.25, -0.2) is 9.42 Å². The zero-order valence-electron chi connectivity index (χ0n) is 10.3. The normalized spacial score (nSPS) is 12.1. The summed E-state index contributed by atoms with van der Waals surface area (Å²) in [6, 6.07) is 1.51. The zero-order valence-corrected chi connectivity index (χ0v) is 10.3. The number of non-ortho nitro benzene ring substituents is 1. The predicted octanol–water partition coefficient (Wildman–Crippen LogP) is 0.0768. The number of ether oxygens (including phenoxy) is 1. The second kappa shape index (κ2) is 5.48. The summed E-state index contributed by atoms with van der Waals surface area (Å²) in [5, 5.41) is 29.6. The van der Waals surface area contributed by atoms with Gasteiger partial charge in [-0.3, -0.25) is 10.1 Å². The quantitative estimate of drug-likeness (QED) is 0.442. The highest BCUT2D eigenvalue weighted by Crippen LogP contribution is 2.29. The van der Waals surface area contributed by atoms with Crippen LogP contribution in [-0.4, -0.2) is 46.1 Å². The molecule has 0 saturated carbocycles. The number of benzene rings is 1. The number of carbonyl (C=O) groups excluding carboxylic acids is 1. The van der Waals surface area contributed by atoms with E-state index in [2.05, 4.69) is 25.0 Å². The lowest BCUT2D eigenvalue weighted by Crippen LogP contribution is -2.34. The van der Waals surface area contributed by atoms with Gasteiger partial charge in [-0.2, -0.15) is 0 Å². The van der Waals surface area contributed by atoms with Crippen molar-refractivity contribution in [3.8, 4) is 0 Å². The molecule has 1 atom stereocenters. The second-order valence-electron chi connectivity index (χ2n) is 3.75. The van der Waals surface area contributed by atoms with Gasteiger partial charge in [0.25, 0.3) is 0 Å².